The van der Waals surface area contributed by atoms with Crippen molar-refractivity contribution in [2.24, 2.45) is 0 Å². The minimum absolute atomic E-state index is 0.0160. The van der Waals surface area contributed by atoms with Crippen LogP contribution in [0, 0.1) is 0 Å². The van der Waals surface area contributed by atoms with Crippen LogP contribution in [-0.2, 0) is 11.2 Å². The summed E-state index contributed by atoms with van der Waals surface area (Å²) < 4.78 is 24.7. The van der Waals surface area contributed by atoms with Crippen molar-refractivity contribution in [3.8, 4) is 0 Å². The molecule has 0 atom stereocenters. The van der Waals surface area contributed by atoms with Gasteiger partial charge in [0.05, 0.1) is 5.56 Å². The van der Waals surface area contributed by atoms with Crippen LogP contribution < -0.4 is 4.90 Å². The molecule has 0 spiro atoms. The second-order valence-electron chi connectivity index (χ2n) is 3.69. The van der Waals surface area contributed by atoms with E-state index in [0.717, 1.165) is 4.90 Å². The first-order valence-corrected chi connectivity index (χ1v) is 4.96. The lowest BCUT2D eigenvalue weighted by molar-refractivity contribution is -0.128. The molecule has 90 valence electrons. The summed E-state index contributed by atoms with van der Waals surface area (Å²) in [5.74, 6) is -2.43. The molecule has 4 nitrogen and oxygen atoms in total. The third kappa shape index (κ3) is 1.98. The predicted octanol–water partition coefficient (Wildman–Crippen LogP) is 1.54. The number of benzene rings is 1. The molecular formula is C11H9F2NO3. The highest BCUT2D eigenvalue weighted by atomic mass is 19.3. The number of anilines is 1. The van der Waals surface area contributed by atoms with Crippen molar-refractivity contribution >= 4 is 17.6 Å². The van der Waals surface area contributed by atoms with Gasteiger partial charge in [-0.15, -0.1) is 0 Å². The van der Waals surface area contributed by atoms with Crippen molar-refractivity contribution in [1.29, 1.82) is 0 Å². The molecule has 1 amide bonds. The van der Waals surface area contributed by atoms with Crippen LogP contribution in [0.5, 0.6) is 0 Å². The summed E-state index contributed by atoms with van der Waals surface area (Å²) in [5.41, 5.74) is 0.969. The summed E-state index contributed by atoms with van der Waals surface area (Å²) >= 11 is 0. The Morgan fingerprint density at radius 2 is 2.06 bits per heavy atom. The van der Waals surface area contributed by atoms with Crippen LogP contribution in [0.2, 0.25) is 0 Å². The van der Waals surface area contributed by atoms with Crippen LogP contribution in [0.3, 0.4) is 0 Å². The zero-order chi connectivity index (χ0) is 12.6. The van der Waals surface area contributed by atoms with Gasteiger partial charge in [-0.1, -0.05) is 6.07 Å². The molecule has 1 heterocycles. The Morgan fingerprint density at radius 1 is 1.35 bits per heavy atom. The monoisotopic (exact) mass is 241 g/mol. The lowest BCUT2D eigenvalue weighted by Gasteiger charge is -2.16. The Balaban J connectivity index is 2.39. The van der Waals surface area contributed by atoms with Gasteiger partial charge in [0, 0.05) is 12.2 Å². The second-order valence-corrected chi connectivity index (χ2v) is 3.69. The number of fused-ring (bicyclic) bond motifs is 1. The number of carboxylic acids is 1. The quantitative estimate of drug-likeness (QED) is 0.854. The number of amides is 1. The molecule has 0 saturated carbocycles. The summed E-state index contributed by atoms with van der Waals surface area (Å²) in [7, 11) is 0. The minimum atomic E-state index is -3.07. The molecule has 0 aromatic heterocycles. The maximum absolute atomic E-state index is 12.3. The third-order valence-corrected chi connectivity index (χ3v) is 2.68. The fourth-order valence-corrected chi connectivity index (χ4v) is 1.86. The Bertz CT molecular complexity index is 488. The van der Waals surface area contributed by atoms with Crippen LogP contribution in [0.1, 0.15) is 15.9 Å². The summed E-state index contributed by atoms with van der Waals surface area (Å²) in [6, 6.07) is 4.21. The van der Waals surface area contributed by atoms with E-state index >= 15 is 0 Å². The fourth-order valence-electron chi connectivity index (χ4n) is 1.86. The number of alkyl halides is 2. The van der Waals surface area contributed by atoms with Crippen LogP contribution in [0.25, 0.3) is 0 Å². The number of hydrogen-bond donors (Lipinski definition) is 1. The van der Waals surface area contributed by atoms with E-state index in [1.54, 1.807) is 6.07 Å². The number of hydrogen-bond acceptors (Lipinski definition) is 2. The van der Waals surface area contributed by atoms with Crippen molar-refractivity contribution in [1.82, 2.24) is 0 Å². The van der Waals surface area contributed by atoms with Crippen LogP contribution >= 0.6 is 0 Å². The standard InChI is InChI=1S/C11H9F2NO3/c12-9(13)10(15)14-4-3-6-1-2-7(11(16)17)5-8(6)14/h1-2,5,9H,3-4H2,(H,16,17). The largest absolute Gasteiger partial charge is 0.478 e. The van der Waals surface area contributed by atoms with Crippen LogP contribution in [0.15, 0.2) is 18.2 Å². The molecular weight excluding hydrogens is 232 g/mol. The van der Waals surface area contributed by atoms with Gasteiger partial charge < -0.3 is 10.0 Å². The molecule has 0 bridgehead atoms. The van der Waals surface area contributed by atoms with Gasteiger partial charge in [0.2, 0.25) is 0 Å². The molecule has 1 aromatic carbocycles. The van der Waals surface area contributed by atoms with E-state index in [1.165, 1.54) is 12.1 Å². The number of carboxylic acid groups (broad SMARTS) is 1. The summed E-state index contributed by atoms with van der Waals surface area (Å²) in [6.07, 6.45) is -2.61. The Kier molecular flexibility index (Phi) is 2.79. The average molecular weight is 241 g/mol. The molecule has 6 heteroatoms. The molecule has 1 N–H and O–H groups in total. The molecule has 1 aliphatic rings. The predicted molar refractivity (Wildman–Crippen MR) is 55.5 cm³/mol. The Hall–Kier alpha value is -1.98. The van der Waals surface area contributed by atoms with E-state index in [-0.39, 0.29) is 17.8 Å². The zero-order valence-electron chi connectivity index (χ0n) is 8.69. The SMILES string of the molecule is O=C(O)c1ccc2c(c1)N(C(=O)C(F)F)CC2. The first kappa shape index (κ1) is 11.5. The fraction of sp³-hybridized carbons (Fsp3) is 0.273. The summed E-state index contributed by atoms with van der Waals surface area (Å²) in [4.78, 5) is 22.9. The zero-order valence-corrected chi connectivity index (χ0v) is 8.69. The van der Waals surface area contributed by atoms with Gasteiger partial charge in [0.1, 0.15) is 0 Å². The molecule has 2 rings (SSSR count). The van der Waals surface area contributed by atoms with E-state index in [2.05, 4.69) is 0 Å². The highest BCUT2D eigenvalue weighted by Gasteiger charge is 2.30. The lowest BCUT2D eigenvalue weighted by Crippen LogP contribution is -2.34. The molecule has 0 fully saturated rings. The highest BCUT2D eigenvalue weighted by Crippen LogP contribution is 2.30. The molecule has 17 heavy (non-hydrogen) atoms. The van der Waals surface area contributed by atoms with Gasteiger partial charge in [-0.2, -0.15) is 8.78 Å². The van der Waals surface area contributed by atoms with E-state index in [1.807, 2.05) is 0 Å². The minimum Gasteiger partial charge on any atom is -0.478 e. The molecule has 1 aliphatic heterocycles. The van der Waals surface area contributed by atoms with Gasteiger partial charge in [-0.05, 0) is 24.1 Å². The van der Waals surface area contributed by atoms with Crippen molar-refractivity contribution in [3.63, 3.8) is 0 Å². The molecule has 0 aliphatic carbocycles. The molecule has 1 aromatic rings. The van der Waals surface area contributed by atoms with Gasteiger partial charge in [0.15, 0.2) is 0 Å². The summed E-state index contributed by atoms with van der Waals surface area (Å²) in [6.45, 7) is 0.168. The topological polar surface area (TPSA) is 57.6 Å². The van der Waals surface area contributed by atoms with Crippen molar-refractivity contribution in [3.05, 3.63) is 29.3 Å². The molecule has 0 radical (unpaired) electrons. The van der Waals surface area contributed by atoms with Gasteiger partial charge in [0.25, 0.3) is 5.91 Å². The van der Waals surface area contributed by atoms with Crippen molar-refractivity contribution in [2.45, 2.75) is 12.8 Å². The van der Waals surface area contributed by atoms with E-state index in [4.69, 9.17) is 5.11 Å². The first-order valence-electron chi connectivity index (χ1n) is 4.96. The van der Waals surface area contributed by atoms with E-state index < -0.39 is 18.3 Å². The van der Waals surface area contributed by atoms with Gasteiger partial charge in [-0.3, -0.25) is 4.79 Å². The normalized spacial score (nSPS) is 13.9. The average Bonchev–Trinajstić information content (AvgIpc) is 2.70. The highest BCUT2D eigenvalue weighted by molar-refractivity contribution is 5.99. The Morgan fingerprint density at radius 3 is 2.65 bits per heavy atom. The van der Waals surface area contributed by atoms with Crippen molar-refractivity contribution < 1.29 is 23.5 Å². The second kappa shape index (κ2) is 4.12. The van der Waals surface area contributed by atoms with Gasteiger partial charge >= 0.3 is 12.4 Å². The van der Waals surface area contributed by atoms with E-state index in [9.17, 15) is 18.4 Å². The lowest BCUT2D eigenvalue weighted by atomic mass is 10.1. The Labute approximate surface area is 95.5 Å². The van der Waals surface area contributed by atoms with E-state index in [0.29, 0.717) is 12.0 Å². The van der Waals surface area contributed by atoms with Crippen LogP contribution in [0.4, 0.5) is 14.5 Å². The number of nitrogens with zero attached hydrogens (tertiary/aromatic N) is 1. The molecule has 0 unspecified atom stereocenters. The smallest absolute Gasteiger partial charge is 0.335 e. The maximum Gasteiger partial charge on any atom is 0.335 e. The maximum atomic E-state index is 12.3. The van der Waals surface area contributed by atoms with Gasteiger partial charge in [-0.25, -0.2) is 4.79 Å². The number of carbonyl (C=O) groups excluding carboxylic acids is 1. The number of halogens is 2. The number of aromatic carboxylic acids is 1. The number of rotatable bonds is 2. The van der Waals surface area contributed by atoms with Crippen molar-refractivity contribution in [2.75, 3.05) is 11.4 Å². The first-order chi connectivity index (χ1) is 8.00. The third-order valence-electron chi connectivity index (χ3n) is 2.68. The molecule has 0 saturated heterocycles. The van der Waals surface area contributed by atoms with Crippen LogP contribution in [-0.4, -0.2) is 30.0 Å². The number of carbonyl (C=O) groups is 2. The summed E-state index contributed by atoms with van der Waals surface area (Å²) in [5, 5.41) is 8.80.